The van der Waals surface area contributed by atoms with E-state index in [2.05, 4.69) is 9.88 Å². The molecule has 1 unspecified atom stereocenters. The Labute approximate surface area is 107 Å². The number of aromatic nitrogens is 1. The molecule has 0 bridgehead atoms. The van der Waals surface area contributed by atoms with Gasteiger partial charge in [-0.25, -0.2) is 4.98 Å². The number of hydrogen-bond acceptors (Lipinski definition) is 3. The SMILES string of the molecule is CC1(O)CCCN(c2ncccc2CCl)CC1. The molecule has 4 heteroatoms. The molecule has 1 atom stereocenters. The van der Waals surface area contributed by atoms with Crippen LogP contribution < -0.4 is 4.90 Å². The predicted octanol–water partition coefficient (Wildman–Crippen LogP) is 2.56. The first kappa shape index (κ1) is 12.7. The molecule has 1 saturated heterocycles. The van der Waals surface area contributed by atoms with Gasteiger partial charge in [0.15, 0.2) is 0 Å². The van der Waals surface area contributed by atoms with Crippen molar-refractivity contribution in [2.45, 2.75) is 37.7 Å². The fourth-order valence-corrected chi connectivity index (χ4v) is 2.50. The summed E-state index contributed by atoms with van der Waals surface area (Å²) < 4.78 is 0. The zero-order chi connectivity index (χ0) is 12.3. The number of anilines is 1. The highest BCUT2D eigenvalue weighted by Gasteiger charge is 2.26. The van der Waals surface area contributed by atoms with Crippen molar-refractivity contribution in [1.82, 2.24) is 4.98 Å². The Balaban J connectivity index is 2.17. The normalized spacial score (nSPS) is 25.7. The maximum Gasteiger partial charge on any atom is 0.132 e. The third-order valence-electron chi connectivity index (χ3n) is 3.37. The average molecular weight is 255 g/mol. The number of aliphatic hydroxyl groups is 1. The minimum atomic E-state index is -0.537. The summed E-state index contributed by atoms with van der Waals surface area (Å²) in [5, 5.41) is 10.1. The minimum Gasteiger partial charge on any atom is -0.390 e. The molecule has 0 amide bonds. The molecular weight excluding hydrogens is 236 g/mol. The van der Waals surface area contributed by atoms with Crippen molar-refractivity contribution >= 4 is 17.4 Å². The monoisotopic (exact) mass is 254 g/mol. The Hall–Kier alpha value is -0.800. The van der Waals surface area contributed by atoms with Crippen LogP contribution in [-0.4, -0.2) is 28.8 Å². The van der Waals surface area contributed by atoms with Crippen LogP contribution in [0.15, 0.2) is 18.3 Å². The summed E-state index contributed by atoms with van der Waals surface area (Å²) in [4.78, 5) is 6.66. The van der Waals surface area contributed by atoms with Crippen LogP contribution in [0.4, 0.5) is 5.82 Å². The van der Waals surface area contributed by atoms with Crippen LogP contribution in [0, 0.1) is 0 Å². The maximum absolute atomic E-state index is 10.1. The van der Waals surface area contributed by atoms with E-state index < -0.39 is 5.60 Å². The molecule has 1 N–H and O–H groups in total. The van der Waals surface area contributed by atoms with Gasteiger partial charge in [-0.1, -0.05) is 6.07 Å². The van der Waals surface area contributed by atoms with Crippen LogP contribution in [0.1, 0.15) is 31.7 Å². The zero-order valence-corrected chi connectivity index (χ0v) is 11.0. The number of nitrogens with zero attached hydrogens (tertiary/aromatic N) is 2. The van der Waals surface area contributed by atoms with Crippen LogP contribution in [0.3, 0.4) is 0 Å². The average Bonchev–Trinajstić information content (AvgIpc) is 2.50. The number of halogens is 1. The summed E-state index contributed by atoms with van der Waals surface area (Å²) in [6, 6.07) is 3.92. The van der Waals surface area contributed by atoms with E-state index in [1.165, 1.54) is 0 Å². The van der Waals surface area contributed by atoms with Gasteiger partial charge in [0.25, 0.3) is 0 Å². The largest absolute Gasteiger partial charge is 0.390 e. The van der Waals surface area contributed by atoms with Gasteiger partial charge >= 0.3 is 0 Å². The third kappa shape index (κ3) is 3.11. The summed E-state index contributed by atoms with van der Waals surface area (Å²) in [5.41, 5.74) is 0.528. The molecule has 1 aliphatic rings. The topological polar surface area (TPSA) is 36.4 Å². The van der Waals surface area contributed by atoms with Crippen molar-refractivity contribution in [1.29, 1.82) is 0 Å². The van der Waals surface area contributed by atoms with E-state index in [0.29, 0.717) is 5.88 Å². The lowest BCUT2D eigenvalue weighted by atomic mass is 9.98. The van der Waals surface area contributed by atoms with Gasteiger partial charge in [-0.3, -0.25) is 0 Å². The first-order valence-corrected chi connectivity index (χ1v) is 6.63. The van der Waals surface area contributed by atoms with E-state index >= 15 is 0 Å². The fourth-order valence-electron chi connectivity index (χ4n) is 2.29. The molecule has 0 saturated carbocycles. The lowest BCUT2D eigenvalue weighted by molar-refractivity contribution is 0.0481. The second-order valence-electron chi connectivity index (χ2n) is 4.96. The van der Waals surface area contributed by atoms with E-state index in [9.17, 15) is 5.11 Å². The minimum absolute atomic E-state index is 0.482. The van der Waals surface area contributed by atoms with Crippen molar-refractivity contribution in [3.05, 3.63) is 23.9 Å². The first-order valence-electron chi connectivity index (χ1n) is 6.09. The summed E-state index contributed by atoms with van der Waals surface area (Å²) >= 11 is 5.93. The molecule has 1 aromatic rings. The Morgan fingerprint density at radius 1 is 1.47 bits per heavy atom. The molecule has 0 aromatic carbocycles. The molecule has 3 nitrogen and oxygen atoms in total. The van der Waals surface area contributed by atoms with E-state index in [-0.39, 0.29) is 0 Å². The highest BCUT2D eigenvalue weighted by atomic mass is 35.5. The standard InChI is InChI=1S/C13H19ClN2O/c1-13(17)5-3-8-16(9-6-13)12-11(10-14)4-2-7-15-12/h2,4,7,17H,3,5-6,8-10H2,1H3. The molecule has 0 aliphatic carbocycles. The van der Waals surface area contributed by atoms with Crippen molar-refractivity contribution in [3.8, 4) is 0 Å². The number of alkyl halides is 1. The van der Waals surface area contributed by atoms with Crippen LogP contribution in [0.2, 0.25) is 0 Å². The Kier molecular flexibility index (Phi) is 3.89. The van der Waals surface area contributed by atoms with Gasteiger partial charge in [0, 0.05) is 24.8 Å². The van der Waals surface area contributed by atoms with Gasteiger partial charge in [-0.15, -0.1) is 11.6 Å². The van der Waals surface area contributed by atoms with Crippen LogP contribution in [0.5, 0.6) is 0 Å². The van der Waals surface area contributed by atoms with Gasteiger partial charge in [0.1, 0.15) is 5.82 Å². The molecule has 1 fully saturated rings. The molecular formula is C13H19ClN2O. The Bertz CT molecular complexity index is 381. The van der Waals surface area contributed by atoms with Gasteiger partial charge in [0.2, 0.25) is 0 Å². The van der Waals surface area contributed by atoms with Crippen LogP contribution in [0.25, 0.3) is 0 Å². The lowest BCUT2D eigenvalue weighted by Gasteiger charge is -2.24. The van der Waals surface area contributed by atoms with E-state index in [1.807, 2.05) is 19.1 Å². The Morgan fingerprint density at radius 2 is 2.29 bits per heavy atom. The van der Waals surface area contributed by atoms with Crippen LogP contribution >= 0.6 is 11.6 Å². The summed E-state index contributed by atoms with van der Waals surface area (Å²) in [6.45, 7) is 3.70. The number of rotatable bonds is 2. The summed E-state index contributed by atoms with van der Waals surface area (Å²) in [6.07, 6.45) is 4.43. The van der Waals surface area contributed by atoms with E-state index in [4.69, 9.17) is 11.6 Å². The maximum atomic E-state index is 10.1. The van der Waals surface area contributed by atoms with Gasteiger partial charge in [0.05, 0.1) is 11.5 Å². The van der Waals surface area contributed by atoms with Crippen molar-refractivity contribution in [3.63, 3.8) is 0 Å². The quantitative estimate of drug-likeness (QED) is 0.824. The number of hydrogen-bond donors (Lipinski definition) is 1. The highest BCUT2D eigenvalue weighted by Crippen LogP contribution is 2.26. The molecule has 0 spiro atoms. The number of pyridine rings is 1. The highest BCUT2D eigenvalue weighted by molar-refractivity contribution is 6.17. The van der Waals surface area contributed by atoms with Gasteiger partial charge in [-0.2, -0.15) is 0 Å². The smallest absolute Gasteiger partial charge is 0.132 e. The summed E-state index contributed by atoms with van der Waals surface area (Å²) in [5.74, 6) is 1.45. The molecule has 2 heterocycles. The lowest BCUT2D eigenvalue weighted by Crippen LogP contribution is -2.29. The molecule has 94 valence electrons. The first-order chi connectivity index (χ1) is 8.12. The van der Waals surface area contributed by atoms with Crippen molar-refractivity contribution in [2.75, 3.05) is 18.0 Å². The molecule has 1 aliphatic heterocycles. The molecule has 17 heavy (non-hydrogen) atoms. The van der Waals surface area contributed by atoms with E-state index in [0.717, 1.165) is 43.7 Å². The van der Waals surface area contributed by atoms with Crippen molar-refractivity contribution in [2.24, 2.45) is 0 Å². The van der Waals surface area contributed by atoms with Gasteiger partial charge < -0.3 is 10.0 Å². The summed E-state index contributed by atoms with van der Waals surface area (Å²) in [7, 11) is 0. The second-order valence-corrected chi connectivity index (χ2v) is 5.22. The Morgan fingerprint density at radius 3 is 3.06 bits per heavy atom. The predicted molar refractivity (Wildman–Crippen MR) is 70.5 cm³/mol. The van der Waals surface area contributed by atoms with Gasteiger partial charge in [-0.05, 0) is 32.3 Å². The van der Waals surface area contributed by atoms with E-state index in [1.54, 1.807) is 6.20 Å². The molecule has 0 radical (unpaired) electrons. The zero-order valence-electron chi connectivity index (χ0n) is 10.2. The second kappa shape index (κ2) is 5.23. The fraction of sp³-hybridized carbons (Fsp3) is 0.615. The van der Waals surface area contributed by atoms with Crippen molar-refractivity contribution < 1.29 is 5.11 Å². The third-order valence-corrected chi connectivity index (χ3v) is 3.66. The van der Waals surface area contributed by atoms with Crippen LogP contribution in [-0.2, 0) is 5.88 Å². The molecule has 2 rings (SSSR count). The molecule has 1 aromatic heterocycles.